The van der Waals surface area contributed by atoms with E-state index in [0.717, 1.165) is 6.07 Å². The molecule has 0 unspecified atom stereocenters. The number of hydrogen-bond acceptors (Lipinski definition) is 6. The zero-order valence-corrected chi connectivity index (χ0v) is 14.9. The molecule has 0 spiro atoms. The largest absolute Gasteiger partial charge is 0.496 e. The van der Waals surface area contributed by atoms with Crippen molar-refractivity contribution < 1.29 is 22.9 Å². The van der Waals surface area contributed by atoms with Gasteiger partial charge in [0.2, 0.25) is 10.0 Å². The number of primary sulfonamides is 1. The molecule has 0 aliphatic rings. The van der Waals surface area contributed by atoms with Crippen LogP contribution in [0.2, 0.25) is 0 Å². The summed E-state index contributed by atoms with van der Waals surface area (Å²) >= 11 is 0. The molecule has 0 bridgehead atoms. The number of nitro groups is 1. The highest BCUT2D eigenvalue weighted by atomic mass is 32.2. The minimum atomic E-state index is -3.96. The van der Waals surface area contributed by atoms with E-state index in [0.29, 0.717) is 12.0 Å². The monoisotopic (exact) mass is 379 g/mol. The molecule has 0 saturated carbocycles. The molecule has 0 aliphatic heterocycles. The van der Waals surface area contributed by atoms with Crippen LogP contribution in [0.5, 0.6) is 5.75 Å². The summed E-state index contributed by atoms with van der Waals surface area (Å²) in [6.45, 7) is 1.77. The lowest BCUT2D eigenvalue weighted by atomic mass is 10.1. The molecule has 0 fully saturated rings. The SMILES string of the molecule is CCc1ccc(NC(=O)c2cc([N+](=O)[O-])ccc2OC)cc1S(N)(=O)=O. The van der Waals surface area contributed by atoms with Gasteiger partial charge in [-0.05, 0) is 30.2 Å². The lowest BCUT2D eigenvalue weighted by Gasteiger charge is -2.12. The fraction of sp³-hybridized carbons (Fsp3) is 0.188. The first-order valence-electron chi connectivity index (χ1n) is 7.47. The molecule has 0 radical (unpaired) electrons. The van der Waals surface area contributed by atoms with Gasteiger partial charge in [0, 0.05) is 17.8 Å². The van der Waals surface area contributed by atoms with Crippen LogP contribution < -0.4 is 15.2 Å². The second kappa shape index (κ2) is 7.50. The van der Waals surface area contributed by atoms with Gasteiger partial charge in [-0.25, -0.2) is 13.6 Å². The lowest BCUT2D eigenvalue weighted by molar-refractivity contribution is -0.384. The zero-order valence-electron chi connectivity index (χ0n) is 14.1. The lowest BCUT2D eigenvalue weighted by Crippen LogP contribution is -2.17. The van der Waals surface area contributed by atoms with E-state index in [-0.39, 0.29) is 27.6 Å². The summed E-state index contributed by atoms with van der Waals surface area (Å²) in [5, 5.41) is 18.6. The Balaban J connectivity index is 2.42. The van der Waals surface area contributed by atoms with E-state index in [1.807, 2.05) is 0 Å². The predicted molar refractivity (Wildman–Crippen MR) is 94.8 cm³/mol. The Hall–Kier alpha value is -2.98. The summed E-state index contributed by atoms with van der Waals surface area (Å²) in [6.07, 6.45) is 0.443. The van der Waals surface area contributed by atoms with Crippen LogP contribution in [-0.4, -0.2) is 26.4 Å². The maximum atomic E-state index is 12.5. The Morgan fingerprint density at radius 1 is 1.27 bits per heavy atom. The van der Waals surface area contributed by atoms with Crippen molar-refractivity contribution in [3.63, 3.8) is 0 Å². The summed E-state index contributed by atoms with van der Waals surface area (Å²) in [5.74, 6) is -0.542. The van der Waals surface area contributed by atoms with E-state index in [4.69, 9.17) is 9.88 Å². The molecular formula is C16H17N3O6S. The van der Waals surface area contributed by atoms with Crippen molar-refractivity contribution in [3.05, 3.63) is 57.6 Å². The number of hydrogen-bond donors (Lipinski definition) is 2. The molecule has 10 heteroatoms. The van der Waals surface area contributed by atoms with Gasteiger partial charge in [-0.3, -0.25) is 14.9 Å². The van der Waals surface area contributed by atoms with Crippen LogP contribution in [0.15, 0.2) is 41.3 Å². The molecular weight excluding hydrogens is 362 g/mol. The second-order valence-electron chi connectivity index (χ2n) is 5.32. The van der Waals surface area contributed by atoms with Crippen molar-refractivity contribution in [2.45, 2.75) is 18.2 Å². The molecule has 2 rings (SSSR count). The van der Waals surface area contributed by atoms with E-state index in [9.17, 15) is 23.3 Å². The number of nitrogens with zero attached hydrogens (tertiary/aromatic N) is 1. The molecule has 9 nitrogen and oxygen atoms in total. The molecule has 138 valence electrons. The summed E-state index contributed by atoms with van der Waals surface area (Å²) in [6, 6.07) is 7.91. The van der Waals surface area contributed by atoms with Gasteiger partial charge in [0.15, 0.2) is 0 Å². The number of ether oxygens (including phenoxy) is 1. The molecule has 1 amide bonds. The maximum absolute atomic E-state index is 12.5. The van der Waals surface area contributed by atoms with Crippen molar-refractivity contribution in [2.24, 2.45) is 5.14 Å². The van der Waals surface area contributed by atoms with E-state index in [1.165, 1.54) is 31.4 Å². The Bertz CT molecular complexity index is 972. The Labute approximate surface area is 150 Å². The predicted octanol–water partition coefficient (Wildman–Crippen LogP) is 2.07. The van der Waals surface area contributed by atoms with Crippen molar-refractivity contribution in [1.29, 1.82) is 0 Å². The molecule has 2 aromatic rings. The van der Waals surface area contributed by atoms with Gasteiger partial charge in [-0.1, -0.05) is 13.0 Å². The fourth-order valence-electron chi connectivity index (χ4n) is 2.37. The van der Waals surface area contributed by atoms with Gasteiger partial charge >= 0.3 is 0 Å². The number of carbonyl (C=O) groups excluding carboxylic acids is 1. The number of nitrogens with two attached hydrogens (primary N) is 1. The maximum Gasteiger partial charge on any atom is 0.270 e. The number of anilines is 1. The van der Waals surface area contributed by atoms with Crippen molar-refractivity contribution in [1.82, 2.24) is 0 Å². The molecule has 26 heavy (non-hydrogen) atoms. The first kappa shape index (κ1) is 19.3. The third-order valence-electron chi connectivity index (χ3n) is 3.65. The number of benzene rings is 2. The minimum Gasteiger partial charge on any atom is -0.496 e. The smallest absolute Gasteiger partial charge is 0.270 e. The number of rotatable bonds is 6. The summed E-state index contributed by atoms with van der Waals surface area (Å²) < 4.78 is 28.5. The van der Waals surface area contributed by atoms with E-state index in [2.05, 4.69) is 5.32 Å². The highest BCUT2D eigenvalue weighted by Gasteiger charge is 2.19. The van der Waals surface area contributed by atoms with E-state index >= 15 is 0 Å². The Kier molecular flexibility index (Phi) is 5.58. The number of amides is 1. The van der Waals surface area contributed by atoms with Crippen LogP contribution in [-0.2, 0) is 16.4 Å². The molecule has 3 N–H and O–H groups in total. The highest BCUT2D eigenvalue weighted by molar-refractivity contribution is 7.89. The van der Waals surface area contributed by atoms with Crippen LogP contribution in [0.3, 0.4) is 0 Å². The summed E-state index contributed by atoms with van der Waals surface area (Å²) in [5.41, 5.74) is 0.365. The number of sulfonamides is 1. The number of methoxy groups -OCH3 is 1. The molecule has 2 aromatic carbocycles. The Morgan fingerprint density at radius 2 is 1.96 bits per heavy atom. The number of carbonyl (C=O) groups is 1. The van der Waals surface area contributed by atoms with Gasteiger partial charge in [0.1, 0.15) is 5.75 Å². The fourth-order valence-corrected chi connectivity index (χ4v) is 3.24. The number of aryl methyl sites for hydroxylation is 1. The van der Waals surface area contributed by atoms with E-state index < -0.39 is 20.9 Å². The van der Waals surface area contributed by atoms with Crippen LogP contribution in [0.4, 0.5) is 11.4 Å². The average Bonchev–Trinajstić information content (AvgIpc) is 2.60. The Morgan fingerprint density at radius 3 is 2.50 bits per heavy atom. The van der Waals surface area contributed by atoms with Gasteiger partial charge in [-0.2, -0.15) is 0 Å². The summed E-state index contributed by atoms with van der Waals surface area (Å²) in [7, 11) is -2.64. The number of nitrogens with one attached hydrogen (secondary N) is 1. The van der Waals surface area contributed by atoms with E-state index in [1.54, 1.807) is 13.0 Å². The van der Waals surface area contributed by atoms with Crippen LogP contribution >= 0.6 is 0 Å². The zero-order chi connectivity index (χ0) is 19.5. The van der Waals surface area contributed by atoms with Gasteiger partial charge < -0.3 is 10.1 Å². The second-order valence-corrected chi connectivity index (χ2v) is 6.85. The first-order valence-corrected chi connectivity index (χ1v) is 9.01. The normalized spacial score (nSPS) is 11.0. The average molecular weight is 379 g/mol. The highest BCUT2D eigenvalue weighted by Crippen LogP contribution is 2.26. The summed E-state index contributed by atoms with van der Waals surface area (Å²) in [4.78, 5) is 22.7. The topological polar surface area (TPSA) is 142 Å². The minimum absolute atomic E-state index is 0.0570. The van der Waals surface area contributed by atoms with Crippen LogP contribution in [0, 0.1) is 10.1 Å². The van der Waals surface area contributed by atoms with Crippen LogP contribution in [0.1, 0.15) is 22.8 Å². The third kappa shape index (κ3) is 4.16. The molecule has 0 saturated heterocycles. The van der Waals surface area contributed by atoms with Crippen molar-refractivity contribution in [3.8, 4) is 5.75 Å². The third-order valence-corrected chi connectivity index (χ3v) is 4.64. The molecule has 0 atom stereocenters. The van der Waals surface area contributed by atoms with Gasteiger partial charge in [0.25, 0.3) is 11.6 Å². The molecule has 0 heterocycles. The van der Waals surface area contributed by atoms with Crippen LogP contribution in [0.25, 0.3) is 0 Å². The first-order chi connectivity index (χ1) is 12.2. The van der Waals surface area contributed by atoms with Gasteiger partial charge in [0.05, 0.1) is 22.5 Å². The number of non-ortho nitro benzene ring substituents is 1. The van der Waals surface area contributed by atoms with Gasteiger partial charge in [-0.15, -0.1) is 0 Å². The quantitative estimate of drug-likeness (QED) is 0.581. The molecule has 0 aromatic heterocycles. The van der Waals surface area contributed by atoms with Crippen molar-refractivity contribution in [2.75, 3.05) is 12.4 Å². The molecule has 0 aliphatic carbocycles. The van der Waals surface area contributed by atoms with Crippen molar-refractivity contribution >= 4 is 27.3 Å². The number of nitro benzene ring substituents is 1. The standard InChI is InChI=1S/C16H17N3O6S/c1-3-10-4-5-11(8-15(10)26(17,23)24)18-16(20)13-9-12(19(21)22)6-7-14(13)25-2/h4-9H,3H2,1-2H3,(H,18,20)(H2,17,23,24).